The predicted molar refractivity (Wildman–Crippen MR) is 156 cm³/mol. The normalized spacial score (nSPS) is 13.4. The molecular weight excluding hydrogens is 424 g/mol. The predicted octanol–water partition coefficient (Wildman–Crippen LogP) is 11.4. The highest BCUT2D eigenvalue weighted by Gasteiger charge is 2.22. The minimum absolute atomic E-state index is 0.621. The van der Waals surface area contributed by atoms with E-state index in [0.717, 1.165) is 0 Å². The first-order valence-electron chi connectivity index (χ1n) is 16.3. The molecule has 2 nitrogen and oxygen atoms in total. The molecule has 1 rings (SSSR count). The van der Waals surface area contributed by atoms with Crippen LogP contribution in [0.5, 0.6) is 0 Å². The van der Waals surface area contributed by atoms with Crippen molar-refractivity contribution in [2.75, 3.05) is 0 Å². The van der Waals surface area contributed by atoms with E-state index in [9.17, 15) is 0 Å². The van der Waals surface area contributed by atoms with E-state index >= 15 is 0 Å². The van der Waals surface area contributed by atoms with Crippen LogP contribution in [-0.4, -0.2) is 4.98 Å². The van der Waals surface area contributed by atoms with E-state index in [1.807, 2.05) is 0 Å². The van der Waals surface area contributed by atoms with Crippen LogP contribution in [0.4, 0.5) is 0 Å². The van der Waals surface area contributed by atoms with Crippen molar-refractivity contribution in [1.29, 1.82) is 0 Å². The van der Waals surface area contributed by atoms with Gasteiger partial charge in [0, 0.05) is 0 Å². The van der Waals surface area contributed by atoms with Gasteiger partial charge in [0.1, 0.15) is 12.4 Å². The number of imidazole rings is 1. The fourth-order valence-electron chi connectivity index (χ4n) is 5.63. The van der Waals surface area contributed by atoms with Crippen LogP contribution >= 0.6 is 0 Å². The molecule has 1 N–H and O–H groups in total. The lowest BCUT2D eigenvalue weighted by Crippen LogP contribution is -2.40. The van der Waals surface area contributed by atoms with Gasteiger partial charge in [0.15, 0.2) is 0 Å². The molecule has 0 bridgehead atoms. The number of hydrogen-bond donors (Lipinski definition) is 1. The number of aromatic amines is 1. The molecule has 35 heavy (non-hydrogen) atoms. The summed E-state index contributed by atoms with van der Waals surface area (Å²) in [5, 5.41) is 0. The van der Waals surface area contributed by atoms with Crippen molar-refractivity contribution in [3.8, 4) is 0 Å². The Labute approximate surface area is 221 Å². The Hall–Kier alpha value is -0.790. The van der Waals surface area contributed by atoms with Gasteiger partial charge in [0.05, 0.1) is 12.0 Å². The van der Waals surface area contributed by atoms with E-state index in [2.05, 4.69) is 49.6 Å². The lowest BCUT2D eigenvalue weighted by Gasteiger charge is -2.14. The highest BCUT2D eigenvalue weighted by molar-refractivity contribution is 4.87. The molecule has 2 unspecified atom stereocenters. The smallest absolute Gasteiger partial charge is 0.247 e. The first-order chi connectivity index (χ1) is 17.2. The summed E-state index contributed by atoms with van der Waals surface area (Å²) in [6, 6.07) is 0.621. The Kier molecular flexibility index (Phi) is 21.7. The molecule has 1 aromatic rings. The number of unbranched alkanes of at least 4 members (excludes halogenated alkanes) is 20. The molecule has 0 aliphatic carbocycles. The molecule has 1 heterocycles. The van der Waals surface area contributed by atoms with Crippen molar-refractivity contribution in [2.45, 2.75) is 194 Å². The molecule has 1 aromatic heterocycles. The number of H-pyrrole nitrogens is 1. The Morgan fingerprint density at radius 2 is 0.914 bits per heavy atom. The number of aromatic nitrogens is 2. The lowest BCUT2D eigenvalue weighted by molar-refractivity contribution is -0.727. The van der Waals surface area contributed by atoms with Crippen LogP contribution in [0, 0.1) is 0 Å². The van der Waals surface area contributed by atoms with Crippen molar-refractivity contribution in [3.63, 3.8) is 0 Å². The van der Waals surface area contributed by atoms with Crippen LogP contribution in [0.15, 0.2) is 12.4 Å². The third-order valence-corrected chi connectivity index (χ3v) is 8.15. The fourth-order valence-corrected chi connectivity index (χ4v) is 5.63. The van der Waals surface area contributed by atoms with Gasteiger partial charge in [-0.2, -0.15) is 0 Å². The summed E-state index contributed by atoms with van der Waals surface area (Å²) in [6.45, 7) is 9.44. The second-order valence-electron chi connectivity index (χ2n) is 11.7. The lowest BCUT2D eigenvalue weighted by atomic mass is 9.99. The zero-order valence-corrected chi connectivity index (χ0v) is 24.7. The molecular formula is C33H65N2+. The van der Waals surface area contributed by atoms with Crippen LogP contribution in [-0.2, 0) is 0 Å². The summed E-state index contributed by atoms with van der Waals surface area (Å²) in [7, 11) is 0. The van der Waals surface area contributed by atoms with Crippen LogP contribution in [0.2, 0.25) is 0 Å². The van der Waals surface area contributed by atoms with E-state index in [1.54, 1.807) is 0 Å². The second kappa shape index (κ2) is 23.6. The zero-order chi connectivity index (χ0) is 25.4. The number of nitrogens with zero attached hydrogens (tertiary/aromatic N) is 1. The molecule has 0 saturated heterocycles. The summed E-state index contributed by atoms with van der Waals surface area (Å²) in [4.78, 5) is 3.58. The molecule has 0 aliphatic rings. The SMILES string of the molecule is CCCCCCCCCCCCCCCCCC(C)c1[nH]cc[n+]1C(C)CCCCCCCCC. The van der Waals surface area contributed by atoms with Crippen molar-refractivity contribution in [1.82, 2.24) is 4.98 Å². The van der Waals surface area contributed by atoms with E-state index in [-0.39, 0.29) is 0 Å². The third kappa shape index (κ3) is 17.3. The molecule has 0 radical (unpaired) electrons. The Morgan fingerprint density at radius 3 is 1.34 bits per heavy atom. The van der Waals surface area contributed by atoms with Crippen LogP contribution in [0.25, 0.3) is 0 Å². The highest BCUT2D eigenvalue weighted by Crippen LogP contribution is 2.21. The van der Waals surface area contributed by atoms with Gasteiger partial charge in [-0.05, 0) is 26.2 Å². The van der Waals surface area contributed by atoms with Gasteiger partial charge >= 0.3 is 0 Å². The topological polar surface area (TPSA) is 19.7 Å². The molecule has 0 fully saturated rings. The largest absolute Gasteiger partial charge is 0.257 e. The van der Waals surface area contributed by atoms with E-state index in [0.29, 0.717) is 12.0 Å². The second-order valence-corrected chi connectivity index (χ2v) is 11.7. The number of rotatable bonds is 26. The van der Waals surface area contributed by atoms with Gasteiger partial charge in [-0.1, -0.05) is 156 Å². The Morgan fingerprint density at radius 1 is 0.543 bits per heavy atom. The molecule has 2 heteroatoms. The first-order valence-corrected chi connectivity index (χ1v) is 16.3. The minimum Gasteiger partial charge on any atom is -0.247 e. The first kappa shape index (κ1) is 32.2. The van der Waals surface area contributed by atoms with Crippen molar-refractivity contribution >= 4 is 0 Å². The number of nitrogens with one attached hydrogen (secondary N) is 1. The molecule has 2 atom stereocenters. The maximum Gasteiger partial charge on any atom is 0.257 e. The molecule has 206 valence electrons. The molecule has 0 aromatic carbocycles. The van der Waals surface area contributed by atoms with Gasteiger partial charge < -0.3 is 0 Å². The molecule has 0 saturated carbocycles. The van der Waals surface area contributed by atoms with E-state index < -0.39 is 0 Å². The Bertz CT molecular complexity index is 549. The van der Waals surface area contributed by atoms with Gasteiger partial charge in [-0.25, -0.2) is 9.55 Å². The minimum atomic E-state index is 0.621. The average Bonchev–Trinajstić information content (AvgIpc) is 3.36. The summed E-state index contributed by atoms with van der Waals surface area (Å²) >= 11 is 0. The molecule has 0 aliphatic heterocycles. The summed E-state index contributed by atoms with van der Waals surface area (Å²) in [6.07, 6.45) is 38.6. The van der Waals surface area contributed by atoms with Gasteiger partial charge in [-0.3, -0.25) is 0 Å². The zero-order valence-electron chi connectivity index (χ0n) is 24.7. The van der Waals surface area contributed by atoms with Crippen LogP contribution in [0.1, 0.15) is 200 Å². The molecule has 0 amide bonds. The monoisotopic (exact) mass is 490 g/mol. The maximum atomic E-state index is 3.58. The summed E-state index contributed by atoms with van der Waals surface area (Å²) < 4.78 is 2.53. The summed E-state index contributed by atoms with van der Waals surface area (Å²) in [5.74, 6) is 2.09. The van der Waals surface area contributed by atoms with Crippen LogP contribution < -0.4 is 4.57 Å². The third-order valence-electron chi connectivity index (χ3n) is 8.15. The van der Waals surface area contributed by atoms with Gasteiger partial charge in [-0.15, -0.1) is 0 Å². The van der Waals surface area contributed by atoms with E-state index in [1.165, 1.54) is 160 Å². The maximum absolute atomic E-state index is 3.58. The van der Waals surface area contributed by atoms with Gasteiger partial charge in [0.25, 0.3) is 5.82 Å². The van der Waals surface area contributed by atoms with Crippen LogP contribution in [0.3, 0.4) is 0 Å². The highest BCUT2D eigenvalue weighted by atomic mass is 15.1. The van der Waals surface area contributed by atoms with E-state index in [4.69, 9.17) is 0 Å². The standard InChI is InChI=1S/C33H64N2/c1-5-7-9-11-13-14-15-16-17-18-19-20-22-23-25-27-31(3)33-34-29-30-35(33)32(4)28-26-24-21-12-10-8-6-2/h29-32H,5-28H2,1-4H3/p+1. The quantitative estimate of drug-likeness (QED) is 0.0985. The number of hydrogen-bond acceptors (Lipinski definition) is 0. The molecule has 0 spiro atoms. The average molecular weight is 490 g/mol. The van der Waals surface area contributed by atoms with Gasteiger partial charge in [0.2, 0.25) is 0 Å². The van der Waals surface area contributed by atoms with Crippen molar-refractivity contribution in [2.24, 2.45) is 0 Å². The summed E-state index contributed by atoms with van der Waals surface area (Å²) in [5.41, 5.74) is 0. The van der Waals surface area contributed by atoms with Crippen molar-refractivity contribution < 1.29 is 4.57 Å². The fraction of sp³-hybridized carbons (Fsp3) is 0.909. The van der Waals surface area contributed by atoms with Crippen molar-refractivity contribution in [3.05, 3.63) is 18.2 Å². The Balaban J connectivity index is 2.01.